The first-order valence-electron chi connectivity index (χ1n) is 7.30. The molecule has 122 valence electrons. The molecular weight excluding hydrogens is 301 g/mol. The number of aryl methyl sites for hydroxylation is 1. The highest BCUT2D eigenvalue weighted by atomic mass is 19.1. The summed E-state index contributed by atoms with van der Waals surface area (Å²) in [7, 11) is 0. The van der Waals surface area contributed by atoms with Gasteiger partial charge >= 0.3 is 5.97 Å². The number of benzene rings is 1. The predicted octanol–water partition coefficient (Wildman–Crippen LogP) is 3.00. The van der Waals surface area contributed by atoms with Crippen LogP contribution in [0.4, 0.5) is 4.39 Å². The van der Waals surface area contributed by atoms with E-state index in [4.69, 9.17) is 9.52 Å². The summed E-state index contributed by atoms with van der Waals surface area (Å²) in [6.07, 6.45) is 1.20. The highest BCUT2D eigenvalue weighted by Gasteiger charge is 2.14. The molecule has 1 amide bonds. The van der Waals surface area contributed by atoms with Crippen LogP contribution in [0, 0.1) is 11.7 Å². The van der Waals surface area contributed by atoms with Crippen molar-refractivity contribution in [2.45, 2.75) is 26.3 Å². The van der Waals surface area contributed by atoms with Crippen molar-refractivity contribution in [3.05, 3.63) is 59.3 Å². The molecule has 23 heavy (non-hydrogen) atoms. The van der Waals surface area contributed by atoms with Gasteiger partial charge in [-0.05, 0) is 42.7 Å². The Bertz CT molecular complexity index is 695. The zero-order valence-corrected chi connectivity index (χ0v) is 12.7. The Morgan fingerprint density at radius 2 is 2.09 bits per heavy atom. The molecule has 2 N–H and O–H groups in total. The number of rotatable bonds is 7. The first-order valence-corrected chi connectivity index (χ1v) is 7.30. The van der Waals surface area contributed by atoms with Gasteiger partial charge in [-0.3, -0.25) is 4.79 Å². The van der Waals surface area contributed by atoms with Crippen molar-refractivity contribution in [2.75, 3.05) is 0 Å². The van der Waals surface area contributed by atoms with Crippen molar-refractivity contribution in [1.82, 2.24) is 5.32 Å². The van der Waals surface area contributed by atoms with Crippen LogP contribution < -0.4 is 5.32 Å². The Morgan fingerprint density at radius 3 is 2.74 bits per heavy atom. The molecule has 0 bridgehead atoms. The summed E-state index contributed by atoms with van der Waals surface area (Å²) in [4.78, 5) is 22.7. The molecule has 1 unspecified atom stereocenters. The molecule has 1 atom stereocenters. The Morgan fingerprint density at radius 1 is 1.30 bits per heavy atom. The molecular formula is C17H18FNO4. The van der Waals surface area contributed by atoms with Gasteiger partial charge in [-0.25, -0.2) is 9.18 Å². The van der Waals surface area contributed by atoms with Crippen LogP contribution in [0.2, 0.25) is 0 Å². The summed E-state index contributed by atoms with van der Waals surface area (Å²) in [5.41, 5.74) is 0.849. The van der Waals surface area contributed by atoms with Gasteiger partial charge in [-0.2, -0.15) is 0 Å². The fourth-order valence-electron chi connectivity index (χ4n) is 2.14. The van der Waals surface area contributed by atoms with Crippen LogP contribution in [0.3, 0.4) is 0 Å². The van der Waals surface area contributed by atoms with E-state index in [1.165, 1.54) is 24.3 Å². The molecule has 0 saturated carbocycles. The average molecular weight is 319 g/mol. The minimum absolute atomic E-state index is 0.135. The Kier molecular flexibility index (Phi) is 5.51. The van der Waals surface area contributed by atoms with Gasteiger partial charge in [0.2, 0.25) is 11.7 Å². The number of amides is 1. The van der Waals surface area contributed by atoms with Gasteiger partial charge in [0, 0.05) is 5.92 Å². The number of carbonyl (C=O) groups is 2. The van der Waals surface area contributed by atoms with Crippen molar-refractivity contribution in [3.63, 3.8) is 0 Å². The van der Waals surface area contributed by atoms with Gasteiger partial charge in [0.1, 0.15) is 11.6 Å². The second-order valence-corrected chi connectivity index (χ2v) is 5.36. The van der Waals surface area contributed by atoms with Gasteiger partial charge in [-0.1, -0.05) is 19.1 Å². The molecule has 0 fully saturated rings. The zero-order chi connectivity index (χ0) is 16.8. The fraction of sp³-hybridized carbons (Fsp3) is 0.294. The minimum Gasteiger partial charge on any atom is -0.475 e. The highest BCUT2D eigenvalue weighted by Crippen LogP contribution is 2.12. The molecule has 5 nitrogen and oxygen atoms in total. The van der Waals surface area contributed by atoms with Gasteiger partial charge < -0.3 is 14.8 Å². The minimum atomic E-state index is -1.15. The summed E-state index contributed by atoms with van der Waals surface area (Å²) >= 11 is 0. The number of hydrogen-bond acceptors (Lipinski definition) is 3. The van der Waals surface area contributed by atoms with Crippen LogP contribution in [0.5, 0.6) is 0 Å². The van der Waals surface area contributed by atoms with Crippen LogP contribution in [0.1, 0.15) is 35.2 Å². The molecule has 0 aliphatic heterocycles. The quantitative estimate of drug-likeness (QED) is 0.822. The number of nitrogens with one attached hydrogen (secondary N) is 1. The first-order chi connectivity index (χ1) is 11.0. The van der Waals surface area contributed by atoms with Crippen LogP contribution >= 0.6 is 0 Å². The van der Waals surface area contributed by atoms with Crippen molar-refractivity contribution in [2.24, 2.45) is 5.92 Å². The topological polar surface area (TPSA) is 79.5 Å². The number of hydrogen-bond donors (Lipinski definition) is 2. The van der Waals surface area contributed by atoms with Crippen LogP contribution in [-0.4, -0.2) is 17.0 Å². The smallest absolute Gasteiger partial charge is 0.371 e. The monoisotopic (exact) mass is 319 g/mol. The van der Waals surface area contributed by atoms with E-state index in [1.54, 1.807) is 13.0 Å². The maximum Gasteiger partial charge on any atom is 0.371 e. The molecule has 2 rings (SSSR count). The van der Waals surface area contributed by atoms with Crippen LogP contribution in [0.15, 0.2) is 40.8 Å². The van der Waals surface area contributed by atoms with Crippen LogP contribution in [0.25, 0.3) is 0 Å². The Hall–Kier alpha value is -2.63. The van der Waals surface area contributed by atoms with E-state index in [9.17, 15) is 14.0 Å². The van der Waals surface area contributed by atoms with E-state index in [-0.39, 0.29) is 29.9 Å². The highest BCUT2D eigenvalue weighted by molar-refractivity contribution is 5.84. The van der Waals surface area contributed by atoms with Crippen molar-refractivity contribution >= 4 is 11.9 Å². The van der Waals surface area contributed by atoms with E-state index in [0.29, 0.717) is 18.6 Å². The standard InChI is InChI=1S/C17H18FNO4/c1-11(5-6-12-3-2-4-13(18)9-12)16(20)19-10-14-7-8-15(23-14)17(21)22/h2-4,7-9,11H,5-6,10H2,1H3,(H,19,20)(H,21,22). The van der Waals surface area contributed by atoms with E-state index in [2.05, 4.69) is 5.32 Å². The van der Waals surface area contributed by atoms with Crippen LogP contribution in [-0.2, 0) is 17.8 Å². The molecule has 1 aromatic carbocycles. The van der Waals surface area contributed by atoms with Gasteiger partial charge in [0.05, 0.1) is 6.54 Å². The molecule has 0 aliphatic rings. The van der Waals surface area contributed by atoms with E-state index in [0.717, 1.165) is 5.56 Å². The lowest BCUT2D eigenvalue weighted by molar-refractivity contribution is -0.124. The van der Waals surface area contributed by atoms with Gasteiger partial charge in [-0.15, -0.1) is 0 Å². The summed E-state index contributed by atoms with van der Waals surface area (Å²) in [6, 6.07) is 9.17. The lowest BCUT2D eigenvalue weighted by Crippen LogP contribution is -2.28. The maximum atomic E-state index is 13.1. The van der Waals surface area contributed by atoms with Crippen molar-refractivity contribution in [1.29, 1.82) is 0 Å². The maximum absolute atomic E-state index is 13.1. The Balaban J connectivity index is 1.79. The van der Waals surface area contributed by atoms with E-state index < -0.39 is 5.97 Å². The normalized spacial score (nSPS) is 11.9. The summed E-state index contributed by atoms with van der Waals surface area (Å²) in [6.45, 7) is 1.93. The van der Waals surface area contributed by atoms with E-state index >= 15 is 0 Å². The molecule has 1 aromatic heterocycles. The second kappa shape index (κ2) is 7.58. The second-order valence-electron chi connectivity index (χ2n) is 5.36. The molecule has 0 saturated heterocycles. The zero-order valence-electron chi connectivity index (χ0n) is 12.7. The number of aromatic carboxylic acids is 1. The number of carbonyl (C=O) groups excluding carboxylic acids is 1. The lowest BCUT2D eigenvalue weighted by atomic mass is 10.0. The first kappa shape index (κ1) is 16.7. The third kappa shape index (κ3) is 4.95. The number of halogens is 1. The van der Waals surface area contributed by atoms with Gasteiger partial charge in [0.15, 0.2) is 0 Å². The van der Waals surface area contributed by atoms with Crippen molar-refractivity contribution in [3.8, 4) is 0 Å². The molecule has 0 spiro atoms. The Labute approximate surface area is 133 Å². The summed E-state index contributed by atoms with van der Waals surface area (Å²) in [5.74, 6) is -1.61. The number of carboxylic acids is 1. The largest absolute Gasteiger partial charge is 0.475 e. The molecule has 6 heteroatoms. The number of furan rings is 1. The van der Waals surface area contributed by atoms with Crippen molar-refractivity contribution < 1.29 is 23.5 Å². The fourth-order valence-corrected chi connectivity index (χ4v) is 2.14. The molecule has 1 heterocycles. The van der Waals surface area contributed by atoms with E-state index in [1.807, 2.05) is 6.07 Å². The average Bonchev–Trinajstić information content (AvgIpc) is 2.99. The number of carboxylic acid groups (broad SMARTS) is 1. The SMILES string of the molecule is CC(CCc1cccc(F)c1)C(=O)NCc1ccc(C(=O)O)o1. The third-order valence-electron chi connectivity index (χ3n) is 3.51. The van der Waals surface area contributed by atoms with Gasteiger partial charge in [0.25, 0.3) is 0 Å². The third-order valence-corrected chi connectivity index (χ3v) is 3.51. The summed E-state index contributed by atoms with van der Waals surface area (Å²) in [5, 5.41) is 11.5. The summed E-state index contributed by atoms with van der Waals surface area (Å²) < 4.78 is 18.1. The molecule has 0 aliphatic carbocycles. The molecule has 0 radical (unpaired) electrons. The lowest BCUT2D eigenvalue weighted by Gasteiger charge is -2.11. The predicted molar refractivity (Wildman–Crippen MR) is 81.4 cm³/mol. The molecule has 2 aromatic rings.